The van der Waals surface area contributed by atoms with Crippen LogP contribution in [0.3, 0.4) is 0 Å². The van der Waals surface area contributed by atoms with Gasteiger partial charge in [0.2, 0.25) is 17.7 Å². The molecule has 2 aliphatic carbocycles. The lowest BCUT2D eigenvalue weighted by Gasteiger charge is -2.34. The fourth-order valence-electron chi connectivity index (χ4n) is 8.66. The number of methoxy groups -OCH3 is 2. The van der Waals surface area contributed by atoms with E-state index in [1.165, 1.54) is 20.6 Å². The lowest BCUT2D eigenvalue weighted by molar-refractivity contribution is -0.152. The standard InChI is InChI=1S/C25H36N2O6S.C17H30N2O4S.ClH/c1-33-25(32)21-15-20(34-12-6-11-28)16-27(21)24(31)23(18-8-3-2-4-9-18)26-22(30)14-17-7-5-10-19(29)13-17;1-23-17(22)14-10-13(24-9-5-8-20)11-19(14)16(21)15(18)12-6-3-2-4-7-12;/h5,7,10,13,18,20-21,23,28-29H,2-4,6,8-9,11-12,14-16H2,1H3,(H,26,30);12-15,20H,2-11,18H2,1H3;1H/t20-,21-,23+;13-,14-,15+;/m11./s1. The number of aliphatic hydroxyl groups is 2. The van der Waals surface area contributed by atoms with Crippen LogP contribution in [0.5, 0.6) is 5.75 Å². The number of carbonyl (C=O) groups excluding carboxylic acids is 5. The zero-order valence-electron chi connectivity index (χ0n) is 34.7. The molecule has 4 fully saturated rings. The number of rotatable bonds is 17. The predicted molar refractivity (Wildman–Crippen MR) is 232 cm³/mol. The van der Waals surface area contributed by atoms with Crippen molar-refractivity contribution in [1.82, 2.24) is 15.1 Å². The van der Waals surface area contributed by atoms with E-state index in [1.807, 2.05) is 0 Å². The SMILES string of the molecule is COC(=O)[C@H]1C[C@@H](SCCCO)CN1C(=O)[C@@H](N)C1CCCCC1.COC(=O)[C@H]1C[C@@H](SCCCO)CN1C(=O)[C@@H](NC(=O)Cc1cccc(O)c1)C1CCCCC1.Cl. The van der Waals surface area contributed by atoms with E-state index in [9.17, 15) is 29.1 Å². The Balaban J connectivity index is 0.000000329. The molecule has 3 amide bonds. The second-order valence-electron chi connectivity index (χ2n) is 15.9. The zero-order chi connectivity index (χ0) is 42.0. The minimum atomic E-state index is -0.696. The quantitative estimate of drug-likeness (QED) is 0.112. The Morgan fingerprint density at radius 3 is 1.75 bits per heavy atom. The van der Waals surface area contributed by atoms with Crippen molar-refractivity contribution in [2.45, 2.75) is 131 Å². The number of benzene rings is 1. The van der Waals surface area contributed by atoms with Crippen LogP contribution in [0.2, 0.25) is 0 Å². The van der Waals surface area contributed by atoms with E-state index in [0.29, 0.717) is 37.9 Å². The van der Waals surface area contributed by atoms with E-state index < -0.39 is 30.1 Å². The van der Waals surface area contributed by atoms with Crippen LogP contribution in [0.1, 0.15) is 95.5 Å². The number of phenolic OH excluding ortho intramolecular Hbond substituents is 1. The van der Waals surface area contributed by atoms with Crippen molar-refractivity contribution >= 4 is 65.6 Å². The van der Waals surface area contributed by atoms with Gasteiger partial charge in [0.1, 0.15) is 23.9 Å². The number of aliphatic hydroxyl groups excluding tert-OH is 2. The number of esters is 2. The van der Waals surface area contributed by atoms with Crippen LogP contribution < -0.4 is 11.1 Å². The molecule has 2 heterocycles. The molecule has 334 valence electrons. The molecule has 14 nitrogen and oxygen atoms in total. The first-order chi connectivity index (χ1) is 28.0. The van der Waals surface area contributed by atoms with E-state index in [2.05, 4.69) is 5.32 Å². The molecule has 0 aromatic heterocycles. The third kappa shape index (κ3) is 15.3. The number of hydrogen-bond donors (Lipinski definition) is 5. The summed E-state index contributed by atoms with van der Waals surface area (Å²) < 4.78 is 9.88. The number of hydrogen-bond acceptors (Lipinski definition) is 13. The molecule has 4 aliphatic rings. The second-order valence-corrected chi connectivity index (χ2v) is 18.7. The first-order valence-electron chi connectivity index (χ1n) is 21.1. The normalized spacial score (nSPS) is 23.3. The van der Waals surface area contributed by atoms with Crippen LogP contribution >= 0.6 is 35.9 Å². The fourth-order valence-corrected chi connectivity index (χ4v) is 11.1. The molecule has 0 radical (unpaired) electrons. The third-order valence-electron chi connectivity index (χ3n) is 11.8. The molecule has 1 aromatic carbocycles. The average Bonchev–Trinajstić information content (AvgIpc) is 3.88. The van der Waals surface area contributed by atoms with Crippen LogP contribution in [0.4, 0.5) is 0 Å². The minimum absolute atomic E-state index is 0. The summed E-state index contributed by atoms with van der Waals surface area (Å²) in [5.41, 5.74) is 6.93. The number of nitrogens with one attached hydrogen (secondary N) is 1. The van der Waals surface area contributed by atoms with Gasteiger partial charge in [0.05, 0.1) is 26.7 Å². The maximum absolute atomic E-state index is 13.8. The van der Waals surface area contributed by atoms with Gasteiger partial charge in [0, 0.05) is 36.8 Å². The number of carbonyl (C=O) groups is 5. The van der Waals surface area contributed by atoms with Crippen molar-refractivity contribution < 1.29 is 48.8 Å². The van der Waals surface area contributed by atoms with E-state index in [-0.39, 0.29) is 83.8 Å². The zero-order valence-corrected chi connectivity index (χ0v) is 37.1. The van der Waals surface area contributed by atoms with Crippen molar-refractivity contribution in [3.63, 3.8) is 0 Å². The van der Waals surface area contributed by atoms with E-state index in [1.54, 1.807) is 57.6 Å². The lowest BCUT2D eigenvalue weighted by Crippen LogP contribution is -2.55. The third-order valence-corrected chi connectivity index (χ3v) is 14.4. The number of thioether (sulfide) groups is 2. The van der Waals surface area contributed by atoms with Gasteiger partial charge in [-0.05, 0) is 92.4 Å². The van der Waals surface area contributed by atoms with Gasteiger partial charge in [-0.2, -0.15) is 23.5 Å². The van der Waals surface area contributed by atoms with Crippen LogP contribution in [-0.4, -0.2) is 141 Å². The van der Waals surface area contributed by atoms with E-state index in [4.69, 9.17) is 25.4 Å². The van der Waals surface area contributed by atoms with Crippen molar-refractivity contribution in [1.29, 1.82) is 0 Å². The summed E-state index contributed by atoms with van der Waals surface area (Å²) in [4.78, 5) is 67.5. The summed E-state index contributed by atoms with van der Waals surface area (Å²) in [7, 11) is 2.69. The Bertz CT molecular complexity index is 1480. The van der Waals surface area contributed by atoms with Gasteiger partial charge >= 0.3 is 11.9 Å². The molecular weight excluding hydrogens is 820 g/mol. The first kappa shape index (κ1) is 50.6. The van der Waals surface area contributed by atoms with Gasteiger partial charge in [0.25, 0.3) is 0 Å². The van der Waals surface area contributed by atoms with Crippen LogP contribution in [0, 0.1) is 11.8 Å². The number of aromatic hydroxyl groups is 1. The molecule has 2 aliphatic heterocycles. The molecule has 59 heavy (non-hydrogen) atoms. The molecule has 2 saturated heterocycles. The molecule has 0 unspecified atom stereocenters. The van der Waals surface area contributed by atoms with Crippen LogP contribution in [-0.2, 0) is 39.9 Å². The number of ether oxygens (including phenoxy) is 2. The molecule has 0 bridgehead atoms. The van der Waals surface area contributed by atoms with Gasteiger partial charge < -0.3 is 45.6 Å². The monoisotopic (exact) mass is 886 g/mol. The topological polar surface area (TPSA) is 209 Å². The highest BCUT2D eigenvalue weighted by atomic mass is 35.5. The first-order valence-corrected chi connectivity index (χ1v) is 23.1. The van der Waals surface area contributed by atoms with E-state index in [0.717, 1.165) is 75.7 Å². The number of halogens is 1. The van der Waals surface area contributed by atoms with Crippen LogP contribution in [0.15, 0.2) is 24.3 Å². The minimum Gasteiger partial charge on any atom is -0.508 e. The highest BCUT2D eigenvalue weighted by Gasteiger charge is 2.45. The molecule has 17 heteroatoms. The van der Waals surface area contributed by atoms with Crippen molar-refractivity contribution in [2.24, 2.45) is 17.6 Å². The Kier molecular flexibility index (Phi) is 22.8. The Labute approximate surface area is 364 Å². The van der Waals surface area contributed by atoms with Gasteiger partial charge in [-0.25, -0.2) is 9.59 Å². The molecule has 2 saturated carbocycles. The molecular formula is C42H67ClN4O10S2. The van der Waals surface area contributed by atoms with Crippen LogP contribution in [0.25, 0.3) is 0 Å². The Morgan fingerprint density at radius 2 is 1.27 bits per heavy atom. The highest BCUT2D eigenvalue weighted by Crippen LogP contribution is 2.34. The average molecular weight is 888 g/mol. The number of nitrogens with two attached hydrogens (primary N) is 1. The summed E-state index contributed by atoms with van der Waals surface area (Å²) in [6.07, 6.45) is 12.9. The smallest absolute Gasteiger partial charge is 0.328 e. The number of phenols is 1. The fraction of sp³-hybridized carbons (Fsp3) is 0.738. The van der Waals surface area contributed by atoms with Crippen molar-refractivity contribution in [3.05, 3.63) is 29.8 Å². The number of nitrogens with zero attached hydrogens (tertiary/aromatic N) is 2. The van der Waals surface area contributed by atoms with E-state index >= 15 is 0 Å². The molecule has 6 N–H and O–H groups in total. The maximum atomic E-state index is 13.8. The molecule has 6 atom stereocenters. The van der Waals surface area contributed by atoms with Gasteiger partial charge in [-0.15, -0.1) is 12.4 Å². The van der Waals surface area contributed by atoms with Gasteiger partial charge in [-0.3, -0.25) is 14.4 Å². The highest BCUT2D eigenvalue weighted by molar-refractivity contribution is 8.00. The summed E-state index contributed by atoms with van der Waals surface area (Å²) in [6.45, 7) is 1.22. The summed E-state index contributed by atoms with van der Waals surface area (Å²) in [6, 6.07) is 4.13. The maximum Gasteiger partial charge on any atom is 0.328 e. The van der Waals surface area contributed by atoms with Gasteiger partial charge in [0.15, 0.2) is 0 Å². The second kappa shape index (κ2) is 26.5. The summed E-state index contributed by atoms with van der Waals surface area (Å²) in [5.74, 6) is 0.510. The largest absolute Gasteiger partial charge is 0.508 e. The molecule has 0 spiro atoms. The number of amides is 3. The Morgan fingerprint density at radius 1 is 0.780 bits per heavy atom. The lowest BCUT2D eigenvalue weighted by atomic mass is 9.83. The van der Waals surface area contributed by atoms with Crippen molar-refractivity contribution in [3.8, 4) is 5.75 Å². The van der Waals surface area contributed by atoms with Gasteiger partial charge in [-0.1, -0.05) is 50.7 Å². The van der Waals surface area contributed by atoms with Crippen molar-refractivity contribution in [2.75, 3.05) is 52.0 Å². The summed E-state index contributed by atoms with van der Waals surface area (Å²) in [5, 5.41) is 30.9. The predicted octanol–water partition coefficient (Wildman–Crippen LogP) is 3.83. The summed E-state index contributed by atoms with van der Waals surface area (Å²) >= 11 is 3.36. The molecule has 1 aromatic rings. The molecule has 5 rings (SSSR count). The Hall–Kier alpha value is -2.76. The number of likely N-dealkylation sites (tertiary alicyclic amines) is 2.